The number of halogens is 1. The third-order valence-corrected chi connectivity index (χ3v) is 3.45. The van der Waals surface area contributed by atoms with Crippen molar-refractivity contribution in [2.24, 2.45) is 0 Å². The molecule has 0 aromatic heterocycles. The second-order valence-electron chi connectivity index (χ2n) is 3.50. The van der Waals surface area contributed by atoms with Crippen LogP contribution in [0.5, 0.6) is 0 Å². The molecule has 0 aliphatic heterocycles. The predicted molar refractivity (Wildman–Crippen MR) is 68.9 cm³/mol. The van der Waals surface area contributed by atoms with Crippen molar-refractivity contribution < 1.29 is 13.0 Å². The standard InChI is InChI=1S/C11H8ClN3O3S/c1-7-2-11(19(16,17)18)10(3-9(7)12)15-6-8(4-13)5-14/h2-3,6,15H,1H3,(H,16,17,18). The minimum absolute atomic E-state index is 0.0268. The van der Waals surface area contributed by atoms with Crippen LogP contribution in [0.1, 0.15) is 5.56 Å². The zero-order valence-corrected chi connectivity index (χ0v) is 11.2. The number of nitrogens with zero attached hydrogens (tertiary/aromatic N) is 2. The highest BCUT2D eigenvalue weighted by molar-refractivity contribution is 7.86. The molecule has 0 atom stereocenters. The number of rotatable bonds is 3. The first kappa shape index (κ1) is 15.0. The van der Waals surface area contributed by atoms with E-state index in [4.69, 9.17) is 26.7 Å². The van der Waals surface area contributed by atoms with Crippen molar-refractivity contribution in [3.8, 4) is 12.1 Å². The molecular formula is C11H8ClN3O3S. The van der Waals surface area contributed by atoms with Crippen LogP contribution in [0.2, 0.25) is 5.02 Å². The molecule has 0 unspecified atom stereocenters. The molecule has 98 valence electrons. The normalized spacial score (nSPS) is 10.2. The van der Waals surface area contributed by atoms with Crippen LogP contribution < -0.4 is 5.32 Å². The Balaban J connectivity index is 3.37. The fraction of sp³-hybridized carbons (Fsp3) is 0.0909. The molecule has 0 aliphatic rings. The summed E-state index contributed by atoms with van der Waals surface area (Å²) in [6, 6.07) is 5.66. The number of benzene rings is 1. The highest BCUT2D eigenvalue weighted by atomic mass is 35.5. The third kappa shape index (κ3) is 3.70. The van der Waals surface area contributed by atoms with Crippen molar-refractivity contribution in [2.45, 2.75) is 11.8 Å². The largest absolute Gasteiger partial charge is 0.359 e. The summed E-state index contributed by atoms with van der Waals surface area (Å²) < 4.78 is 31.5. The van der Waals surface area contributed by atoms with Gasteiger partial charge in [-0.3, -0.25) is 4.55 Å². The van der Waals surface area contributed by atoms with E-state index >= 15 is 0 Å². The van der Waals surface area contributed by atoms with Crippen molar-refractivity contribution in [3.05, 3.63) is 34.5 Å². The lowest BCUT2D eigenvalue weighted by atomic mass is 10.2. The summed E-state index contributed by atoms with van der Waals surface area (Å²) >= 11 is 5.85. The van der Waals surface area contributed by atoms with Crippen molar-refractivity contribution >= 4 is 27.4 Å². The van der Waals surface area contributed by atoms with Crippen molar-refractivity contribution in [1.82, 2.24) is 0 Å². The van der Waals surface area contributed by atoms with Crippen LogP contribution in [0.3, 0.4) is 0 Å². The Morgan fingerprint density at radius 3 is 2.47 bits per heavy atom. The molecule has 0 spiro atoms. The minimum Gasteiger partial charge on any atom is -0.359 e. The smallest absolute Gasteiger partial charge is 0.296 e. The Labute approximate surface area is 115 Å². The highest BCUT2D eigenvalue weighted by Crippen LogP contribution is 2.28. The van der Waals surface area contributed by atoms with E-state index < -0.39 is 10.1 Å². The van der Waals surface area contributed by atoms with Gasteiger partial charge in [-0.2, -0.15) is 18.9 Å². The van der Waals surface area contributed by atoms with E-state index in [0.717, 1.165) is 6.20 Å². The Bertz CT molecular complexity index is 711. The summed E-state index contributed by atoms with van der Waals surface area (Å²) in [5.74, 6) is 0. The van der Waals surface area contributed by atoms with Gasteiger partial charge in [0.15, 0.2) is 0 Å². The van der Waals surface area contributed by atoms with Gasteiger partial charge in [0.05, 0.1) is 5.69 Å². The van der Waals surface area contributed by atoms with Gasteiger partial charge in [0.25, 0.3) is 10.1 Å². The molecule has 2 N–H and O–H groups in total. The maximum Gasteiger partial charge on any atom is 0.296 e. The van der Waals surface area contributed by atoms with Gasteiger partial charge in [0.2, 0.25) is 0 Å². The lowest BCUT2D eigenvalue weighted by molar-refractivity contribution is 0.483. The topological polar surface area (TPSA) is 114 Å². The summed E-state index contributed by atoms with van der Waals surface area (Å²) in [4.78, 5) is -0.388. The van der Waals surface area contributed by atoms with Crippen molar-refractivity contribution in [3.63, 3.8) is 0 Å². The average molecular weight is 298 g/mol. The van der Waals surface area contributed by atoms with E-state index in [1.54, 1.807) is 19.1 Å². The summed E-state index contributed by atoms with van der Waals surface area (Å²) in [7, 11) is -4.45. The first-order valence-corrected chi connectivity index (χ1v) is 6.66. The second-order valence-corrected chi connectivity index (χ2v) is 5.30. The summed E-state index contributed by atoms with van der Waals surface area (Å²) in [5, 5.41) is 19.9. The average Bonchev–Trinajstić information content (AvgIpc) is 2.33. The molecule has 6 nitrogen and oxygen atoms in total. The minimum atomic E-state index is -4.45. The maximum absolute atomic E-state index is 11.2. The van der Waals surface area contributed by atoms with Gasteiger partial charge < -0.3 is 5.32 Å². The molecule has 0 saturated carbocycles. The van der Waals surface area contributed by atoms with E-state index in [1.807, 2.05) is 0 Å². The fourth-order valence-corrected chi connectivity index (χ4v) is 2.11. The van der Waals surface area contributed by atoms with Crippen LogP contribution in [-0.4, -0.2) is 13.0 Å². The molecule has 1 aromatic rings. The lowest BCUT2D eigenvalue weighted by Gasteiger charge is -2.09. The number of anilines is 1. The number of allylic oxidation sites excluding steroid dienone is 1. The zero-order valence-electron chi connectivity index (χ0n) is 9.68. The van der Waals surface area contributed by atoms with Gasteiger partial charge in [0.1, 0.15) is 22.6 Å². The Hall–Kier alpha value is -2.06. The van der Waals surface area contributed by atoms with Gasteiger partial charge in [0, 0.05) is 11.2 Å². The third-order valence-electron chi connectivity index (χ3n) is 2.15. The van der Waals surface area contributed by atoms with E-state index in [-0.39, 0.29) is 21.2 Å². The Kier molecular flexibility index (Phi) is 4.52. The van der Waals surface area contributed by atoms with Gasteiger partial charge >= 0.3 is 0 Å². The van der Waals surface area contributed by atoms with Gasteiger partial charge in [-0.05, 0) is 24.6 Å². The molecule has 0 bridgehead atoms. The first-order valence-electron chi connectivity index (χ1n) is 4.84. The lowest BCUT2D eigenvalue weighted by Crippen LogP contribution is -2.04. The number of nitriles is 2. The number of hydrogen-bond acceptors (Lipinski definition) is 5. The van der Waals surface area contributed by atoms with Gasteiger partial charge in [-0.1, -0.05) is 11.6 Å². The summed E-state index contributed by atoms with van der Waals surface area (Å²) in [6.07, 6.45) is 1.02. The van der Waals surface area contributed by atoms with E-state index in [9.17, 15) is 8.42 Å². The van der Waals surface area contributed by atoms with E-state index in [2.05, 4.69) is 5.32 Å². The maximum atomic E-state index is 11.2. The molecule has 0 saturated heterocycles. The number of hydrogen-bond donors (Lipinski definition) is 2. The van der Waals surface area contributed by atoms with Gasteiger partial charge in [-0.15, -0.1) is 0 Å². The van der Waals surface area contributed by atoms with E-state index in [1.165, 1.54) is 12.1 Å². The van der Waals surface area contributed by atoms with Crippen molar-refractivity contribution in [2.75, 3.05) is 5.32 Å². The highest BCUT2D eigenvalue weighted by Gasteiger charge is 2.17. The van der Waals surface area contributed by atoms with Crippen LogP contribution in [0.15, 0.2) is 28.8 Å². The van der Waals surface area contributed by atoms with Crippen LogP contribution in [0, 0.1) is 29.6 Å². The molecule has 0 amide bonds. The molecule has 0 radical (unpaired) electrons. The first-order chi connectivity index (χ1) is 8.79. The number of aryl methyl sites for hydroxylation is 1. The van der Waals surface area contributed by atoms with Crippen molar-refractivity contribution in [1.29, 1.82) is 10.5 Å². The molecule has 1 aromatic carbocycles. The predicted octanol–water partition coefficient (Wildman–Crippen LogP) is 2.24. The fourth-order valence-electron chi connectivity index (χ4n) is 1.22. The monoisotopic (exact) mass is 297 g/mol. The zero-order chi connectivity index (χ0) is 14.6. The van der Waals surface area contributed by atoms with Crippen LogP contribution in [0.4, 0.5) is 5.69 Å². The Morgan fingerprint density at radius 2 is 2.00 bits per heavy atom. The molecule has 0 fully saturated rings. The van der Waals surface area contributed by atoms with Crippen LogP contribution in [-0.2, 0) is 10.1 Å². The molecule has 19 heavy (non-hydrogen) atoms. The van der Waals surface area contributed by atoms with Crippen LogP contribution in [0.25, 0.3) is 0 Å². The SMILES string of the molecule is Cc1cc(S(=O)(=O)O)c(NC=C(C#N)C#N)cc1Cl. The summed E-state index contributed by atoms with van der Waals surface area (Å²) in [5.41, 5.74) is 0.184. The molecule has 0 heterocycles. The van der Waals surface area contributed by atoms with Gasteiger partial charge in [-0.25, -0.2) is 0 Å². The molecule has 0 aliphatic carbocycles. The Morgan fingerprint density at radius 1 is 1.42 bits per heavy atom. The molecule has 8 heteroatoms. The molecular weight excluding hydrogens is 290 g/mol. The quantitative estimate of drug-likeness (QED) is 0.653. The molecule has 1 rings (SSSR count). The second kappa shape index (κ2) is 5.72. The van der Waals surface area contributed by atoms with E-state index in [0.29, 0.717) is 5.56 Å². The summed E-state index contributed by atoms with van der Waals surface area (Å²) in [6.45, 7) is 1.58. The number of nitrogens with one attached hydrogen (secondary N) is 1. The van der Waals surface area contributed by atoms with Crippen LogP contribution >= 0.6 is 11.6 Å².